The number of sulfonamides is 1. The molecule has 0 aliphatic heterocycles. The topological polar surface area (TPSA) is 96.5 Å². The lowest BCUT2D eigenvalue weighted by Crippen LogP contribution is -2.30. The molecular formula is C20H20N2O5S. The fourth-order valence-corrected chi connectivity index (χ4v) is 4.41. The van der Waals surface area contributed by atoms with E-state index in [2.05, 4.69) is 4.98 Å². The number of rotatable bonds is 6. The number of fused-ring (bicyclic) bond motifs is 1. The summed E-state index contributed by atoms with van der Waals surface area (Å²) in [6.45, 7) is 4.15. The number of nitrogens with one attached hydrogen (secondary N) is 1. The van der Waals surface area contributed by atoms with Crippen molar-refractivity contribution in [1.82, 2.24) is 9.29 Å². The molecule has 7 nitrogen and oxygen atoms in total. The van der Waals surface area contributed by atoms with Crippen LogP contribution in [0.5, 0.6) is 5.75 Å². The molecule has 1 N–H and O–H groups in total. The molecule has 0 aliphatic carbocycles. The first-order valence-electron chi connectivity index (χ1n) is 8.81. The lowest BCUT2D eigenvalue weighted by Gasteiger charge is -2.18. The monoisotopic (exact) mass is 400 g/mol. The molecule has 2 aromatic carbocycles. The van der Waals surface area contributed by atoms with E-state index >= 15 is 0 Å². The molecule has 0 amide bonds. The van der Waals surface area contributed by atoms with Gasteiger partial charge in [-0.05, 0) is 30.3 Å². The van der Waals surface area contributed by atoms with E-state index in [1.54, 1.807) is 44.2 Å². The first-order chi connectivity index (χ1) is 13.4. The first-order valence-corrected chi connectivity index (χ1v) is 10.2. The third kappa shape index (κ3) is 3.83. The number of benzene rings is 2. The summed E-state index contributed by atoms with van der Waals surface area (Å²) in [6.07, 6.45) is 0. The van der Waals surface area contributed by atoms with E-state index in [1.165, 1.54) is 22.5 Å². The number of hydrogen-bond donors (Lipinski definition) is 1. The number of ether oxygens (including phenoxy) is 1. The molecule has 1 heterocycles. The molecule has 0 saturated carbocycles. The molecule has 28 heavy (non-hydrogen) atoms. The average molecular weight is 400 g/mol. The standard InChI is InChI=1S/C20H20N2O5S/c1-3-22(4-2)28(25,26)15-10-11-18-16(12-15)17(13-19(23)21-18)20(24)27-14-8-6-5-7-9-14/h5-13H,3-4H2,1-2H3,(H,21,23). The van der Waals surface area contributed by atoms with Crippen molar-refractivity contribution in [3.63, 3.8) is 0 Å². The van der Waals surface area contributed by atoms with Crippen molar-refractivity contribution >= 4 is 26.9 Å². The average Bonchev–Trinajstić information content (AvgIpc) is 2.68. The second-order valence-corrected chi connectivity index (χ2v) is 7.98. The molecule has 0 atom stereocenters. The summed E-state index contributed by atoms with van der Waals surface area (Å²) in [6, 6.07) is 13.8. The summed E-state index contributed by atoms with van der Waals surface area (Å²) in [5.74, 6) is -0.410. The highest BCUT2D eigenvalue weighted by molar-refractivity contribution is 7.89. The van der Waals surface area contributed by atoms with Crippen molar-refractivity contribution in [3.8, 4) is 5.75 Å². The Morgan fingerprint density at radius 1 is 1.04 bits per heavy atom. The lowest BCUT2D eigenvalue weighted by atomic mass is 10.1. The normalized spacial score (nSPS) is 11.7. The molecule has 0 fully saturated rings. The Morgan fingerprint density at radius 3 is 2.36 bits per heavy atom. The smallest absolute Gasteiger partial charge is 0.344 e. The van der Waals surface area contributed by atoms with E-state index in [1.807, 2.05) is 0 Å². The molecule has 146 valence electrons. The number of H-pyrrole nitrogens is 1. The second-order valence-electron chi connectivity index (χ2n) is 6.05. The van der Waals surface area contributed by atoms with Gasteiger partial charge in [-0.1, -0.05) is 32.0 Å². The Hall–Kier alpha value is -2.97. The number of esters is 1. The summed E-state index contributed by atoms with van der Waals surface area (Å²) in [4.78, 5) is 27.3. The summed E-state index contributed by atoms with van der Waals surface area (Å²) in [5, 5.41) is 0.300. The van der Waals surface area contributed by atoms with E-state index in [4.69, 9.17) is 4.74 Å². The third-order valence-corrected chi connectivity index (χ3v) is 6.38. The maximum absolute atomic E-state index is 12.8. The fraction of sp³-hybridized carbons (Fsp3) is 0.200. The van der Waals surface area contributed by atoms with Crippen LogP contribution in [-0.4, -0.2) is 36.8 Å². The van der Waals surface area contributed by atoms with Gasteiger partial charge in [0, 0.05) is 30.1 Å². The number of pyridine rings is 1. The Bertz CT molecular complexity index is 1170. The zero-order valence-electron chi connectivity index (χ0n) is 15.5. The maximum atomic E-state index is 12.8. The molecular weight excluding hydrogens is 380 g/mol. The molecule has 0 bridgehead atoms. The highest BCUT2D eigenvalue weighted by Crippen LogP contribution is 2.24. The van der Waals surface area contributed by atoms with Crippen LogP contribution >= 0.6 is 0 Å². The van der Waals surface area contributed by atoms with Crippen molar-refractivity contribution in [3.05, 3.63) is 70.5 Å². The van der Waals surface area contributed by atoms with Crippen LogP contribution in [0.2, 0.25) is 0 Å². The van der Waals surface area contributed by atoms with E-state index < -0.39 is 21.6 Å². The summed E-state index contributed by atoms with van der Waals surface area (Å²) < 4.78 is 32.3. The van der Waals surface area contributed by atoms with Crippen LogP contribution < -0.4 is 10.3 Å². The largest absolute Gasteiger partial charge is 0.423 e. The summed E-state index contributed by atoms with van der Waals surface area (Å²) >= 11 is 0. The Morgan fingerprint density at radius 2 is 1.71 bits per heavy atom. The van der Waals surface area contributed by atoms with Gasteiger partial charge in [0.05, 0.1) is 10.5 Å². The van der Waals surface area contributed by atoms with Gasteiger partial charge in [-0.2, -0.15) is 4.31 Å². The molecule has 3 rings (SSSR count). The van der Waals surface area contributed by atoms with Crippen molar-refractivity contribution < 1.29 is 17.9 Å². The van der Waals surface area contributed by atoms with Crippen molar-refractivity contribution in [2.24, 2.45) is 0 Å². The number of hydrogen-bond acceptors (Lipinski definition) is 5. The Kier molecular flexibility index (Phi) is 5.62. The van der Waals surface area contributed by atoms with Crippen LogP contribution in [0, 0.1) is 0 Å². The van der Waals surface area contributed by atoms with E-state index in [0.29, 0.717) is 29.7 Å². The van der Waals surface area contributed by atoms with E-state index in [0.717, 1.165) is 6.07 Å². The molecule has 0 unspecified atom stereocenters. The van der Waals surface area contributed by atoms with Crippen LogP contribution in [0.15, 0.2) is 64.3 Å². The maximum Gasteiger partial charge on any atom is 0.344 e. The molecule has 0 saturated heterocycles. The first kappa shape index (κ1) is 19.8. The number of para-hydroxylation sites is 1. The number of carbonyl (C=O) groups excluding carboxylic acids is 1. The second kappa shape index (κ2) is 7.95. The zero-order valence-corrected chi connectivity index (χ0v) is 16.3. The van der Waals surface area contributed by atoms with Gasteiger partial charge in [-0.3, -0.25) is 4.79 Å². The highest BCUT2D eigenvalue weighted by Gasteiger charge is 2.23. The van der Waals surface area contributed by atoms with Crippen LogP contribution in [0.4, 0.5) is 0 Å². The highest BCUT2D eigenvalue weighted by atomic mass is 32.2. The van der Waals surface area contributed by atoms with Gasteiger partial charge < -0.3 is 9.72 Å². The molecule has 3 aromatic rings. The van der Waals surface area contributed by atoms with Crippen LogP contribution in [0.1, 0.15) is 24.2 Å². The summed E-state index contributed by atoms with van der Waals surface area (Å²) in [5.41, 5.74) is -0.128. The van der Waals surface area contributed by atoms with E-state index in [9.17, 15) is 18.0 Å². The van der Waals surface area contributed by atoms with Crippen molar-refractivity contribution in [2.75, 3.05) is 13.1 Å². The van der Waals surface area contributed by atoms with Crippen molar-refractivity contribution in [1.29, 1.82) is 0 Å². The number of aromatic amines is 1. The van der Waals surface area contributed by atoms with Gasteiger partial charge in [0.15, 0.2) is 0 Å². The quantitative estimate of drug-likeness (QED) is 0.507. The Labute approximate surface area is 162 Å². The zero-order chi connectivity index (χ0) is 20.3. The third-order valence-electron chi connectivity index (χ3n) is 4.33. The minimum absolute atomic E-state index is 0.000741. The van der Waals surface area contributed by atoms with Crippen molar-refractivity contribution in [2.45, 2.75) is 18.7 Å². The van der Waals surface area contributed by atoms with Gasteiger partial charge in [-0.15, -0.1) is 0 Å². The molecule has 1 aromatic heterocycles. The van der Waals surface area contributed by atoms with Crippen LogP contribution in [0.3, 0.4) is 0 Å². The molecule has 0 radical (unpaired) electrons. The van der Waals surface area contributed by atoms with Gasteiger partial charge in [0.1, 0.15) is 5.75 Å². The van der Waals surface area contributed by atoms with E-state index in [-0.39, 0.29) is 10.5 Å². The predicted molar refractivity (Wildman–Crippen MR) is 106 cm³/mol. The number of aromatic nitrogens is 1. The van der Waals surface area contributed by atoms with Gasteiger partial charge in [0.25, 0.3) is 0 Å². The number of carbonyl (C=O) groups is 1. The SMILES string of the molecule is CCN(CC)S(=O)(=O)c1ccc2[nH]c(=O)cc(C(=O)Oc3ccccc3)c2c1. The number of nitrogens with zero attached hydrogens (tertiary/aromatic N) is 1. The molecule has 0 aliphatic rings. The Balaban J connectivity index is 2.12. The minimum Gasteiger partial charge on any atom is -0.423 e. The van der Waals surface area contributed by atoms with Gasteiger partial charge in [0.2, 0.25) is 15.6 Å². The van der Waals surface area contributed by atoms with Crippen LogP contribution in [0.25, 0.3) is 10.9 Å². The van der Waals surface area contributed by atoms with Crippen LogP contribution in [-0.2, 0) is 10.0 Å². The lowest BCUT2D eigenvalue weighted by molar-refractivity contribution is 0.0736. The summed E-state index contributed by atoms with van der Waals surface area (Å²) in [7, 11) is -3.71. The van der Waals surface area contributed by atoms with Gasteiger partial charge in [-0.25, -0.2) is 13.2 Å². The minimum atomic E-state index is -3.71. The molecule has 8 heteroatoms. The predicted octanol–water partition coefficient (Wildman–Crippen LogP) is 2.78. The molecule has 0 spiro atoms. The van der Waals surface area contributed by atoms with Gasteiger partial charge >= 0.3 is 5.97 Å². The fourth-order valence-electron chi connectivity index (χ4n) is 2.93.